The van der Waals surface area contributed by atoms with Gasteiger partial charge in [-0.2, -0.15) is 13.2 Å². The van der Waals surface area contributed by atoms with E-state index in [0.29, 0.717) is 0 Å². The third-order valence-corrected chi connectivity index (χ3v) is 3.79. The highest BCUT2D eigenvalue weighted by Crippen LogP contribution is 2.33. The minimum Gasteiger partial charge on any atom is -0.478 e. The lowest BCUT2D eigenvalue weighted by Crippen LogP contribution is -2.14. The number of nitrogens with one attached hydrogen (secondary N) is 1. The lowest BCUT2D eigenvalue weighted by atomic mass is 10.0. The smallest absolute Gasteiger partial charge is 0.416 e. The summed E-state index contributed by atoms with van der Waals surface area (Å²) in [6.45, 7) is 1.34. The van der Waals surface area contributed by atoms with E-state index >= 15 is 0 Å². The van der Waals surface area contributed by atoms with Crippen LogP contribution in [-0.4, -0.2) is 17.0 Å². The lowest BCUT2D eigenvalue weighted by molar-refractivity contribution is -0.137. The van der Waals surface area contributed by atoms with Crippen LogP contribution in [0.2, 0.25) is 5.02 Å². The van der Waals surface area contributed by atoms with Crippen molar-refractivity contribution in [2.24, 2.45) is 0 Å². The number of hydrogen-bond donors (Lipinski definition) is 2. The quantitative estimate of drug-likeness (QED) is 0.722. The van der Waals surface area contributed by atoms with Gasteiger partial charge >= 0.3 is 12.1 Å². The van der Waals surface area contributed by atoms with Crippen LogP contribution in [0, 0.1) is 0 Å². The summed E-state index contributed by atoms with van der Waals surface area (Å²) in [5, 5.41) is 11.5. The van der Waals surface area contributed by atoms with Crippen LogP contribution < -0.4 is 5.32 Å². The number of halogens is 4. The van der Waals surface area contributed by atoms with Gasteiger partial charge in [0.1, 0.15) is 0 Å². The van der Waals surface area contributed by atoms with Crippen LogP contribution in [0.1, 0.15) is 28.4 Å². The van der Waals surface area contributed by atoms with Gasteiger partial charge in [-0.3, -0.25) is 4.79 Å². The second-order valence-electron chi connectivity index (χ2n) is 5.37. The van der Waals surface area contributed by atoms with Crippen molar-refractivity contribution in [3.05, 3.63) is 69.8 Å². The van der Waals surface area contributed by atoms with Gasteiger partial charge in [0.25, 0.3) is 5.91 Å². The molecule has 2 N–H and O–H groups in total. The van der Waals surface area contributed by atoms with E-state index in [1.54, 1.807) is 0 Å². The monoisotopic (exact) mass is 383 g/mol. The third kappa shape index (κ3) is 4.64. The lowest BCUT2D eigenvalue weighted by Gasteiger charge is -2.11. The van der Waals surface area contributed by atoms with E-state index in [4.69, 9.17) is 16.7 Å². The van der Waals surface area contributed by atoms with Gasteiger partial charge in [0.2, 0.25) is 0 Å². The van der Waals surface area contributed by atoms with E-state index in [-0.39, 0.29) is 27.4 Å². The number of carboxylic acids is 1. The van der Waals surface area contributed by atoms with E-state index in [1.807, 2.05) is 0 Å². The van der Waals surface area contributed by atoms with Crippen LogP contribution in [0.3, 0.4) is 0 Å². The summed E-state index contributed by atoms with van der Waals surface area (Å²) >= 11 is 5.92. The van der Waals surface area contributed by atoms with Gasteiger partial charge in [-0.1, -0.05) is 29.8 Å². The molecule has 0 radical (unpaired) electrons. The zero-order valence-corrected chi connectivity index (χ0v) is 14.2. The molecule has 26 heavy (non-hydrogen) atoms. The molecule has 0 aromatic heterocycles. The fourth-order valence-corrected chi connectivity index (χ4v) is 2.32. The van der Waals surface area contributed by atoms with Crippen LogP contribution in [-0.2, 0) is 11.0 Å². The van der Waals surface area contributed by atoms with E-state index in [0.717, 1.165) is 12.1 Å². The molecule has 8 heteroatoms. The van der Waals surface area contributed by atoms with Crippen molar-refractivity contribution in [3.8, 4) is 0 Å². The van der Waals surface area contributed by atoms with Gasteiger partial charge in [-0.15, -0.1) is 0 Å². The van der Waals surface area contributed by atoms with Crippen molar-refractivity contribution in [2.75, 3.05) is 5.32 Å². The van der Waals surface area contributed by atoms with Crippen LogP contribution in [0.15, 0.2) is 48.0 Å². The second kappa shape index (κ2) is 7.61. The number of hydrogen-bond acceptors (Lipinski definition) is 2. The number of benzene rings is 2. The fraction of sp³-hybridized carbons (Fsp3) is 0.111. The molecule has 0 aliphatic carbocycles. The van der Waals surface area contributed by atoms with Gasteiger partial charge < -0.3 is 10.4 Å². The maximum Gasteiger partial charge on any atom is 0.416 e. The summed E-state index contributed by atoms with van der Waals surface area (Å²) in [4.78, 5) is 23.2. The van der Waals surface area contributed by atoms with E-state index in [9.17, 15) is 22.8 Å². The summed E-state index contributed by atoms with van der Waals surface area (Å²) < 4.78 is 39.1. The van der Waals surface area contributed by atoms with Crippen LogP contribution in [0.4, 0.5) is 18.9 Å². The Morgan fingerprint density at radius 2 is 1.81 bits per heavy atom. The minimum atomic E-state index is -4.55. The summed E-state index contributed by atoms with van der Waals surface area (Å²) in [6, 6.07) is 8.59. The van der Waals surface area contributed by atoms with Crippen molar-refractivity contribution in [2.45, 2.75) is 13.1 Å². The number of carboxylic acid groups (broad SMARTS) is 1. The van der Waals surface area contributed by atoms with Crippen LogP contribution in [0.25, 0.3) is 6.08 Å². The molecule has 136 valence electrons. The Morgan fingerprint density at radius 3 is 2.42 bits per heavy atom. The molecule has 0 saturated heterocycles. The Labute approximate surface area is 151 Å². The first kappa shape index (κ1) is 19.5. The van der Waals surface area contributed by atoms with E-state index in [1.165, 1.54) is 43.3 Å². The van der Waals surface area contributed by atoms with Crippen molar-refractivity contribution in [1.29, 1.82) is 0 Å². The largest absolute Gasteiger partial charge is 0.478 e. The molecule has 2 rings (SSSR count). The third-order valence-electron chi connectivity index (χ3n) is 3.46. The molecule has 0 atom stereocenters. The second-order valence-corrected chi connectivity index (χ2v) is 5.77. The first-order chi connectivity index (χ1) is 12.1. The van der Waals surface area contributed by atoms with E-state index < -0.39 is 23.6 Å². The van der Waals surface area contributed by atoms with Gasteiger partial charge in [0, 0.05) is 5.57 Å². The van der Waals surface area contributed by atoms with Crippen molar-refractivity contribution < 1.29 is 27.9 Å². The van der Waals surface area contributed by atoms with Crippen molar-refractivity contribution in [1.82, 2.24) is 0 Å². The Hall–Kier alpha value is -2.80. The van der Waals surface area contributed by atoms with Crippen LogP contribution >= 0.6 is 11.6 Å². The Bertz CT molecular complexity index is 891. The number of anilines is 1. The topological polar surface area (TPSA) is 66.4 Å². The molecule has 2 aromatic carbocycles. The van der Waals surface area contributed by atoms with Gasteiger partial charge in [-0.25, -0.2) is 4.79 Å². The standard InChI is InChI=1S/C18H13ClF3NO3/c1-10(8-11-4-2-3-5-13(11)18(20,21)22)16(24)23-15-9-12(17(25)26)6-7-14(15)19/h2-9H,1H3,(H,23,24)(H,25,26)/b10-8+. The number of carbonyl (C=O) groups is 2. The fourth-order valence-electron chi connectivity index (χ4n) is 2.15. The minimum absolute atomic E-state index is 0.00139. The first-order valence-electron chi connectivity index (χ1n) is 7.28. The molecule has 0 fully saturated rings. The summed E-state index contributed by atoms with van der Waals surface area (Å²) in [7, 11) is 0. The average molecular weight is 384 g/mol. The Balaban J connectivity index is 2.30. The Morgan fingerprint density at radius 1 is 1.15 bits per heavy atom. The molecule has 0 unspecified atom stereocenters. The first-order valence-corrected chi connectivity index (χ1v) is 7.66. The van der Waals surface area contributed by atoms with Crippen molar-refractivity contribution in [3.63, 3.8) is 0 Å². The molecular weight excluding hydrogens is 371 g/mol. The highest BCUT2D eigenvalue weighted by atomic mass is 35.5. The predicted octanol–water partition coefficient (Wildman–Crippen LogP) is 5.10. The molecule has 0 spiro atoms. The molecule has 0 heterocycles. The number of carbonyl (C=O) groups excluding carboxylic acids is 1. The maximum absolute atomic E-state index is 13.0. The summed E-state index contributed by atoms with van der Waals surface area (Å²) in [6.07, 6.45) is -3.45. The van der Waals surface area contributed by atoms with Gasteiger partial charge in [0.05, 0.1) is 21.8 Å². The number of aromatic carboxylic acids is 1. The molecule has 2 aromatic rings. The van der Waals surface area contributed by atoms with Crippen LogP contribution in [0.5, 0.6) is 0 Å². The highest BCUT2D eigenvalue weighted by Gasteiger charge is 2.32. The SMILES string of the molecule is C/C(=C\c1ccccc1C(F)(F)F)C(=O)Nc1cc(C(=O)O)ccc1Cl. The van der Waals surface area contributed by atoms with Gasteiger partial charge in [-0.05, 0) is 42.8 Å². The molecule has 1 amide bonds. The molecule has 0 saturated carbocycles. The van der Waals surface area contributed by atoms with Gasteiger partial charge in [0.15, 0.2) is 0 Å². The number of alkyl halides is 3. The summed E-state index contributed by atoms with van der Waals surface area (Å²) in [5.74, 6) is -1.91. The maximum atomic E-state index is 13.0. The zero-order chi connectivity index (χ0) is 19.5. The molecule has 4 nitrogen and oxygen atoms in total. The summed E-state index contributed by atoms with van der Waals surface area (Å²) in [5.41, 5.74) is -1.06. The number of rotatable bonds is 4. The number of amides is 1. The molecule has 0 bridgehead atoms. The van der Waals surface area contributed by atoms with Crippen molar-refractivity contribution >= 4 is 35.2 Å². The predicted molar refractivity (Wildman–Crippen MR) is 92.1 cm³/mol. The normalized spacial score (nSPS) is 12.0. The van der Waals surface area contributed by atoms with E-state index in [2.05, 4.69) is 5.32 Å². The molecule has 0 aliphatic rings. The highest BCUT2D eigenvalue weighted by molar-refractivity contribution is 6.34. The zero-order valence-electron chi connectivity index (χ0n) is 13.4. The molecular formula is C18H13ClF3NO3. The Kier molecular flexibility index (Phi) is 5.72. The molecule has 0 aliphatic heterocycles. The average Bonchev–Trinajstić information content (AvgIpc) is 2.56.